The van der Waals surface area contributed by atoms with Crippen LogP contribution in [0.4, 0.5) is 10.1 Å². The summed E-state index contributed by atoms with van der Waals surface area (Å²) in [5.74, 6) is -0.106. The topological polar surface area (TPSA) is 58.6 Å². The minimum atomic E-state index is -0.331. The van der Waals surface area contributed by atoms with Gasteiger partial charge in [0, 0.05) is 5.56 Å². The molecule has 0 spiro atoms. The third-order valence-electron chi connectivity index (χ3n) is 4.51. The van der Waals surface area contributed by atoms with Crippen molar-refractivity contribution in [2.24, 2.45) is 0 Å². The first-order valence-corrected chi connectivity index (χ1v) is 8.90. The van der Waals surface area contributed by atoms with Gasteiger partial charge in [-0.1, -0.05) is 29.8 Å². The van der Waals surface area contributed by atoms with E-state index < -0.39 is 0 Å². The minimum absolute atomic E-state index is 0.0533. The highest BCUT2D eigenvalue weighted by atomic mass is 19.1. The molecule has 0 aliphatic rings. The molecule has 0 atom stereocenters. The van der Waals surface area contributed by atoms with Crippen molar-refractivity contribution >= 4 is 11.6 Å². The van der Waals surface area contributed by atoms with Crippen LogP contribution in [0, 0.1) is 19.7 Å². The number of anilines is 1. The molecule has 0 saturated heterocycles. The van der Waals surface area contributed by atoms with Crippen LogP contribution >= 0.6 is 0 Å². The highest BCUT2D eigenvalue weighted by Crippen LogP contribution is 2.37. The van der Waals surface area contributed by atoms with E-state index in [9.17, 15) is 14.3 Å². The van der Waals surface area contributed by atoms with Crippen LogP contribution in [0.25, 0.3) is 11.1 Å². The molecule has 3 aromatic carbocycles. The molecule has 0 aromatic heterocycles. The molecule has 0 unspecified atom stereocenters. The van der Waals surface area contributed by atoms with E-state index in [2.05, 4.69) is 5.32 Å². The molecule has 144 valence electrons. The summed E-state index contributed by atoms with van der Waals surface area (Å²) in [6.45, 7) is 3.92. The van der Waals surface area contributed by atoms with Crippen molar-refractivity contribution in [1.29, 1.82) is 0 Å². The van der Waals surface area contributed by atoms with E-state index in [1.807, 2.05) is 26.0 Å². The van der Waals surface area contributed by atoms with Crippen LogP contribution in [0.3, 0.4) is 0 Å². The molecule has 0 fully saturated rings. The summed E-state index contributed by atoms with van der Waals surface area (Å²) < 4.78 is 18.3. The molecule has 0 aliphatic carbocycles. The molecule has 0 saturated carbocycles. The van der Waals surface area contributed by atoms with Crippen LogP contribution in [0.5, 0.6) is 11.5 Å². The standard InChI is InChI=1S/C23H22FNO3/c1-14-10-15(2)23(25-22(27)12-16-4-7-18(24)8-5-16)19(11-14)17-6-9-20(26)21(13-17)28-3/h4-11,13,26H,12H2,1-3H3,(H,25,27). The zero-order chi connectivity index (χ0) is 20.3. The number of methoxy groups -OCH3 is 1. The van der Waals surface area contributed by atoms with Crippen LogP contribution < -0.4 is 10.1 Å². The van der Waals surface area contributed by atoms with Gasteiger partial charge >= 0.3 is 0 Å². The number of aryl methyl sites for hydroxylation is 2. The lowest BCUT2D eigenvalue weighted by Gasteiger charge is -2.16. The number of nitrogens with one attached hydrogen (secondary N) is 1. The van der Waals surface area contributed by atoms with Crippen molar-refractivity contribution in [3.05, 3.63) is 77.1 Å². The van der Waals surface area contributed by atoms with E-state index in [4.69, 9.17) is 4.74 Å². The third-order valence-corrected chi connectivity index (χ3v) is 4.51. The van der Waals surface area contributed by atoms with Gasteiger partial charge < -0.3 is 15.2 Å². The fourth-order valence-corrected chi connectivity index (χ4v) is 3.18. The van der Waals surface area contributed by atoms with E-state index in [-0.39, 0.29) is 23.9 Å². The number of halogens is 1. The summed E-state index contributed by atoms with van der Waals surface area (Å²) in [4.78, 5) is 12.6. The zero-order valence-corrected chi connectivity index (χ0v) is 16.0. The number of amides is 1. The molecule has 0 aliphatic heterocycles. The van der Waals surface area contributed by atoms with Crippen molar-refractivity contribution in [3.63, 3.8) is 0 Å². The number of phenols is 1. The second kappa shape index (κ2) is 8.13. The molecule has 2 N–H and O–H groups in total. The Morgan fingerprint density at radius 3 is 2.46 bits per heavy atom. The predicted octanol–water partition coefficient (Wildman–Crippen LogP) is 5.00. The molecule has 3 rings (SSSR count). The SMILES string of the molecule is COc1cc(-c2cc(C)cc(C)c2NC(=O)Cc2ccc(F)cc2)ccc1O. The molecule has 0 radical (unpaired) electrons. The number of aromatic hydroxyl groups is 1. The first-order valence-electron chi connectivity index (χ1n) is 8.90. The average Bonchev–Trinajstić information content (AvgIpc) is 2.66. The number of carbonyl (C=O) groups excluding carboxylic acids is 1. The van der Waals surface area contributed by atoms with Crippen LogP contribution in [-0.4, -0.2) is 18.1 Å². The quantitative estimate of drug-likeness (QED) is 0.655. The first kappa shape index (κ1) is 19.4. The fraction of sp³-hybridized carbons (Fsp3) is 0.174. The van der Waals surface area contributed by atoms with Crippen molar-refractivity contribution in [1.82, 2.24) is 0 Å². The summed E-state index contributed by atoms with van der Waals surface area (Å²) in [5, 5.41) is 12.9. The average molecular weight is 379 g/mol. The number of ether oxygens (including phenoxy) is 1. The van der Waals surface area contributed by atoms with Gasteiger partial charge in [0.15, 0.2) is 11.5 Å². The second-order valence-corrected chi connectivity index (χ2v) is 6.74. The Labute approximate surface area is 163 Å². The molecule has 3 aromatic rings. The Kier molecular flexibility index (Phi) is 5.64. The fourth-order valence-electron chi connectivity index (χ4n) is 3.18. The van der Waals surface area contributed by atoms with E-state index in [1.165, 1.54) is 19.2 Å². The van der Waals surface area contributed by atoms with Gasteiger partial charge in [0.25, 0.3) is 0 Å². The van der Waals surface area contributed by atoms with Crippen molar-refractivity contribution in [3.8, 4) is 22.6 Å². The van der Waals surface area contributed by atoms with Gasteiger partial charge in [0.2, 0.25) is 5.91 Å². The zero-order valence-electron chi connectivity index (χ0n) is 16.0. The summed E-state index contributed by atoms with van der Waals surface area (Å²) >= 11 is 0. The maximum Gasteiger partial charge on any atom is 0.228 e. The van der Waals surface area contributed by atoms with Crippen molar-refractivity contribution in [2.75, 3.05) is 12.4 Å². The van der Waals surface area contributed by atoms with Gasteiger partial charge in [-0.25, -0.2) is 4.39 Å². The van der Waals surface area contributed by atoms with Gasteiger partial charge in [-0.3, -0.25) is 4.79 Å². The van der Waals surface area contributed by atoms with Gasteiger partial charge in [-0.15, -0.1) is 0 Å². The van der Waals surface area contributed by atoms with Crippen LogP contribution in [0.1, 0.15) is 16.7 Å². The predicted molar refractivity (Wildman–Crippen MR) is 108 cm³/mol. The molecule has 1 amide bonds. The number of benzene rings is 3. The maximum absolute atomic E-state index is 13.1. The Morgan fingerprint density at radius 1 is 1.07 bits per heavy atom. The van der Waals surface area contributed by atoms with Crippen molar-refractivity contribution in [2.45, 2.75) is 20.3 Å². The van der Waals surface area contributed by atoms with Gasteiger partial charge in [0.05, 0.1) is 19.2 Å². The second-order valence-electron chi connectivity index (χ2n) is 6.74. The first-order chi connectivity index (χ1) is 13.4. The van der Waals surface area contributed by atoms with Crippen LogP contribution in [0.15, 0.2) is 54.6 Å². The minimum Gasteiger partial charge on any atom is -0.504 e. The maximum atomic E-state index is 13.1. The number of phenolic OH excluding ortho intramolecular Hbond substituents is 1. The Balaban J connectivity index is 1.94. The largest absolute Gasteiger partial charge is 0.504 e. The molecule has 0 bridgehead atoms. The lowest BCUT2D eigenvalue weighted by atomic mass is 9.97. The molecule has 4 nitrogen and oxygen atoms in total. The lowest BCUT2D eigenvalue weighted by Crippen LogP contribution is -2.16. The third kappa shape index (κ3) is 4.31. The van der Waals surface area contributed by atoms with Gasteiger partial charge in [-0.05, 0) is 60.9 Å². The smallest absolute Gasteiger partial charge is 0.228 e. The number of hydrogen-bond acceptors (Lipinski definition) is 3. The monoisotopic (exact) mass is 379 g/mol. The molecular weight excluding hydrogens is 357 g/mol. The number of carbonyl (C=O) groups is 1. The van der Waals surface area contributed by atoms with Gasteiger partial charge in [-0.2, -0.15) is 0 Å². The van der Waals surface area contributed by atoms with E-state index in [0.29, 0.717) is 11.4 Å². The summed E-state index contributed by atoms with van der Waals surface area (Å²) in [5.41, 5.74) is 5.06. The number of rotatable bonds is 5. The van der Waals surface area contributed by atoms with Gasteiger partial charge in [0.1, 0.15) is 5.82 Å². The summed E-state index contributed by atoms with van der Waals surface area (Å²) in [6, 6.07) is 14.9. The van der Waals surface area contributed by atoms with E-state index >= 15 is 0 Å². The highest BCUT2D eigenvalue weighted by molar-refractivity contribution is 5.98. The molecule has 28 heavy (non-hydrogen) atoms. The molecular formula is C23H22FNO3. The van der Waals surface area contributed by atoms with Crippen LogP contribution in [-0.2, 0) is 11.2 Å². The van der Waals surface area contributed by atoms with E-state index in [1.54, 1.807) is 30.3 Å². The summed E-state index contributed by atoms with van der Waals surface area (Å²) in [7, 11) is 1.49. The molecule has 0 heterocycles. The van der Waals surface area contributed by atoms with Crippen LogP contribution in [0.2, 0.25) is 0 Å². The number of hydrogen-bond donors (Lipinski definition) is 2. The normalized spacial score (nSPS) is 10.6. The lowest BCUT2D eigenvalue weighted by molar-refractivity contribution is -0.115. The molecule has 5 heteroatoms. The summed E-state index contributed by atoms with van der Waals surface area (Å²) in [6.07, 6.45) is 0.145. The Bertz CT molecular complexity index is 1010. The van der Waals surface area contributed by atoms with E-state index in [0.717, 1.165) is 27.8 Å². The highest BCUT2D eigenvalue weighted by Gasteiger charge is 2.14. The Hall–Kier alpha value is -3.34. The Morgan fingerprint density at radius 2 is 1.79 bits per heavy atom. The van der Waals surface area contributed by atoms with Crippen molar-refractivity contribution < 1.29 is 19.0 Å².